The highest BCUT2D eigenvalue weighted by Gasteiger charge is 2.67. The fourth-order valence-corrected chi connectivity index (χ4v) is 6.46. The highest BCUT2D eigenvalue weighted by molar-refractivity contribution is 6.31. The number of pyridine rings is 1. The van der Waals surface area contributed by atoms with Crippen LogP contribution >= 0.6 is 11.6 Å². The number of amides is 1. The molecule has 2 unspecified atom stereocenters. The number of alkyl halides is 4. The van der Waals surface area contributed by atoms with E-state index in [2.05, 4.69) is 25.6 Å². The van der Waals surface area contributed by atoms with Crippen molar-refractivity contribution in [3.05, 3.63) is 99.1 Å². The molecule has 2 aromatic carbocycles. The SMILES string of the molecule is N#Cc1cc(-c2cc3[nH]ncc3nc2C(Cc2cc(F)cc(F)c2)NC(=O)Cn2nc(C(F)F)c3c2C(F)(F)C2C[C@H]32)ccc1Cl. The molecule has 3 atom stereocenters. The zero-order chi connectivity index (χ0) is 32.5. The number of hydrogen-bond acceptors (Lipinski definition) is 5. The Morgan fingerprint density at radius 2 is 1.91 bits per heavy atom. The van der Waals surface area contributed by atoms with Gasteiger partial charge in [-0.05, 0) is 60.2 Å². The van der Waals surface area contributed by atoms with Gasteiger partial charge < -0.3 is 5.32 Å². The maximum absolute atomic E-state index is 15.1. The molecule has 0 radical (unpaired) electrons. The summed E-state index contributed by atoms with van der Waals surface area (Å²) in [5, 5.41) is 22.9. The lowest BCUT2D eigenvalue weighted by atomic mass is 9.94. The van der Waals surface area contributed by atoms with Crippen LogP contribution in [0.5, 0.6) is 0 Å². The van der Waals surface area contributed by atoms with Gasteiger partial charge in [-0.2, -0.15) is 24.2 Å². The van der Waals surface area contributed by atoms with Gasteiger partial charge in [-0.25, -0.2) is 22.5 Å². The minimum Gasteiger partial charge on any atom is -0.346 e. The average molecular weight is 656 g/mol. The number of H-pyrrole nitrogens is 1. The molecule has 46 heavy (non-hydrogen) atoms. The van der Waals surface area contributed by atoms with Crippen LogP contribution in [-0.4, -0.2) is 30.9 Å². The molecular formula is C31H20ClF6N7O. The van der Waals surface area contributed by atoms with E-state index in [1.165, 1.54) is 18.3 Å². The standard InChI is InChI=1S/C31H20ClF6N7O/c32-21-2-1-14(6-15(21)10-39)18-9-22-24(11-40-43-22)42-27(18)23(5-13-3-16(33)7-17(34)4-13)41-25(46)12-45-29-26(28(44-45)30(35)36)19-8-20(19)31(29,37)38/h1-4,6-7,9,11,19-20,23,30H,5,8,12H2,(H,40,43)(H,41,46)/t19-,20?,23?/m0/s1. The van der Waals surface area contributed by atoms with Crippen molar-refractivity contribution >= 4 is 28.5 Å². The van der Waals surface area contributed by atoms with Crippen LogP contribution in [0.25, 0.3) is 22.2 Å². The lowest BCUT2D eigenvalue weighted by molar-refractivity contribution is -0.123. The van der Waals surface area contributed by atoms with Gasteiger partial charge >= 0.3 is 0 Å². The van der Waals surface area contributed by atoms with Crippen LogP contribution in [0, 0.1) is 28.9 Å². The second-order valence-corrected chi connectivity index (χ2v) is 11.7. The summed E-state index contributed by atoms with van der Waals surface area (Å²) in [7, 11) is 0. The van der Waals surface area contributed by atoms with E-state index in [-0.39, 0.29) is 40.2 Å². The minimum absolute atomic E-state index is 0.0625. The number of benzene rings is 2. The highest BCUT2D eigenvalue weighted by atomic mass is 35.5. The van der Waals surface area contributed by atoms with Crippen molar-refractivity contribution in [3.8, 4) is 17.2 Å². The van der Waals surface area contributed by atoms with E-state index in [1.807, 2.05) is 6.07 Å². The van der Waals surface area contributed by atoms with E-state index in [0.717, 1.165) is 12.1 Å². The Hall–Kier alpha value is -4.90. The van der Waals surface area contributed by atoms with E-state index >= 15 is 8.78 Å². The molecule has 7 rings (SSSR count). The first-order valence-corrected chi connectivity index (χ1v) is 14.4. The van der Waals surface area contributed by atoms with Gasteiger partial charge in [0.2, 0.25) is 5.91 Å². The number of carbonyl (C=O) groups is 1. The third-order valence-electron chi connectivity index (χ3n) is 8.34. The van der Waals surface area contributed by atoms with Crippen molar-refractivity contribution < 1.29 is 31.1 Å². The first kappa shape index (κ1) is 29.8. The smallest absolute Gasteiger partial charge is 0.293 e. The third kappa shape index (κ3) is 5.04. The number of nitrogens with one attached hydrogen (secondary N) is 2. The molecule has 1 amide bonds. The predicted octanol–water partition coefficient (Wildman–Crippen LogP) is 6.87. The van der Waals surface area contributed by atoms with E-state index in [1.54, 1.807) is 12.1 Å². The Bertz CT molecular complexity index is 2070. The van der Waals surface area contributed by atoms with Crippen molar-refractivity contribution in [1.82, 2.24) is 30.3 Å². The number of halogens is 7. The lowest BCUT2D eigenvalue weighted by Gasteiger charge is -2.23. The highest BCUT2D eigenvalue weighted by Crippen LogP contribution is 2.68. The molecule has 0 saturated heterocycles. The fourth-order valence-electron chi connectivity index (χ4n) is 6.30. The summed E-state index contributed by atoms with van der Waals surface area (Å²) in [5.41, 5.74) is 0.459. The number of nitriles is 1. The van der Waals surface area contributed by atoms with Gasteiger partial charge in [-0.1, -0.05) is 17.7 Å². The Balaban J connectivity index is 1.31. The largest absolute Gasteiger partial charge is 0.346 e. The number of aromatic amines is 1. The summed E-state index contributed by atoms with van der Waals surface area (Å²) in [6.45, 7) is -0.832. The van der Waals surface area contributed by atoms with Gasteiger partial charge in [0.05, 0.1) is 34.0 Å². The van der Waals surface area contributed by atoms with Crippen molar-refractivity contribution in [3.63, 3.8) is 0 Å². The van der Waals surface area contributed by atoms with Gasteiger partial charge in [0.1, 0.15) is 41.2 Å². The zero-order valence-corrected chi connectivity index (χ0v) is 24.1. The van der Waals surface area contributed by atoms with Crippen molar-refractivity contribution in [1.29, 1.82) is 5.26 Å². The van der Waals surface area contributed by atoms with E-state index < -0.39 is 65.7 Å². The predicted molar refractivity (Wildman–Crippen MR) is 152 cm³/mol. The molecule has 3 heterocycles. The molecule has 1 fully saturated rings. The number of rotatable bonds is 8. The summed E-state index contributed by atoms with van der Waals surface area (Å²) in [6.07, 6.45) is -1.86. The Morgan fingerprint density at radius 3 is 2.63 bits per heavy atom. The van der Waals surface area contributed by atoms with Gasteiger partial charge in [-0.15, -0.1) is 0 Å². The minimum atomic E-state index is -3.44. The average Bonchev–Trinajstić information content (AvgIpc) is 3.41. The normalized spacial score (nSPS) is 18.3. The van der Waals surface area contributed by atoms with E-state index in [0.29, 0.717) is 32.9 Å². The molecule has 3 aromatic heterocycles. The maximum Gasteiger partial charge on any atom is 0.293 e. The van der Waals surface area contributed by atoms with Gasteiger partial charge in [-0.3, -0.25) is 14.6 Å². The molecule has 234 valence electrons. The van der Waals surface area contributed by atoms with Crippen LogP contribution in [0.3, 0.4) is 0 Å². The molecule has 0 spiro atoms. The molecule has 15 heteroatoms. The van der Waals surface area contributed by atoms with Crippen LogP contribution in [0.15, 0.2) is 48.7 Å². The maximum atomic E-state index is 15.1. The number of hydrogen-bond donors (Lipinski definition) is 2. The third-order valence-corrected chi connectivity index (χ3v) is 8.67. The first-order chi connectivity index (χ1) is 21.9. The quantitative estimate of drug-likeness (QED) is 0.177. The van der Waals surface area contributed by atoms with Crippen LogP contribution in [0.2, 0.25) is 5.02 Å². The van der Waals surface area contributed by atoms with Gasteiger partial charge in [0.25, 0.3) is 12.3 Å². The van der Waals surface area contributed by atoms with Crippen LogP contribution in [0.1, 0.15) is 58.6 Å². The monoisotopic (exact) mass is 655 g/mol. The second-order valence-electron chi connectivity index (χ2n) is 11.3. The Kier molecular flexibility index (Phi) is 7.04. The topological polar surface area (TPSA) is 112 Å². The molecular weight excluding hydrogens is 636 g/mol. The zero-order valence-electron chi connectivity index (χ0n) is 23.3. The second kappa shape index (κ2) is 10.9. The van der Waals surface area contributed by atoms with Crippen LogP contribution in [-0.2, 0) is 23.7 Å². The summed E-state index contributed by atoms with van der Waals surface area (Å²) in [5.74, 6) is -7.93. The van der Waals surface area contributed by atoms with Crippen molar-refractivity contribution in [2.24, 2.45) is 5.92 Å². The summed E-state index contributed by atoms with van der Waals surface area (Å²) in [6, 6.07) is 9.92. The fraction of sp³-hybridized carbons (Fsp3) is 0.258. The first-order valence-electron chi connectivity index (χ1n) is 14.0. The number of aromatic nitrogens is 5. The number of nitrogens with zero attached hydrogens (tertiary/aromatic N) is 5. The lowest BCUT2D eigenvalue weighted by Crippen LogP contribution is -2.35. The molecule has 0 aliphatic heterocycles. The molecule has 8 nitrogen and oxygen atoms in total. The molecule has 2 aliphatic rings. The Morgan fingerprint density at radius 1 is 1.15 bits per heavy atom. The van der Waals surface area contributed by atoms with Crippen LogP contribution in [0.4, 0.5) is 26.3 Å². The number of fused-ring (bicyclic) bond motifs is 4. The summed E-state index contributed by atoms with van der Waals surface area (Å²) in [4.78, 5) is 18.2. The van der Waals surface area contributed by atoms with Crippen LogP contribution < -0.4 is 5.32 Å². The van der Waals surface area contributed by atoms with E-state index in [9.17, 15) is 27.6 Å². The van der Waals surface area contributed by atoms with Crippen molar-refractivity contribution in [2.75, 3.05) is 0 Å². The molecule has 2 N–H and O–H groups in total. The summed E-state index contributed by atoms with van der Waals surface area (Å²) < 4.78 is 87.0. The summed E-state index contributed by atoms with van der Waals surface area (Å²) >= 11 is 6.15. The van der Waals surface area contributed by atoms with Gasteiger partial charge in [0, 0.05) is 23.1 Å². The molecule has 1 saturated carbocycles. The van der Waals surface area contributed by atoms with Crippen molar-refractivity contribution in [2.45, 2.75) is 43.7 Å². The number of carbonyl (C=O) groups excluding carboxylic acids is 1. The Labute approximate surface area is 261 Å². The molecule has 5 aromatic rings. The van der Waals surface area contributed by atoms with E-state index in [4.69, 9.17) is 11.6 Å². The molecule has 0 bridgehead atoms. The van der Waals surface area contributed by atoms with Gasteiger partial charge in [0.15, 0.2) is 0 Å². The molecule has 2 aliphatic carbocycles.